The summed E-state index contributed by atoms with van der Waals surface area (Å²) in [5.74, 6) is 0.571. The van der Waals surface area contributed by atoms with E-state index in [0.717, 1.165) is 17.7 Å². The second-order valence-electron chi connectivity index (χ2n) is 9.04. The molecule has 3 nitrogen and oxygen atoms in total. The van der Waals surface area contributed by atoms with Gasteiger partial charge in [-0.2, -0.15) is 26.3 Å². The molecule has 0 heterocycles. The van der Waals surface area contributed by atoms with Crippen LogP contribution in [0, 0.1) is 0 Å². The molecule has 0 aromatic heterocycles. The van der Waals surface area contributed by atoms with E-state index in [2.05, 4.69) is 5.32 Å². The van der Waals surface area contributed by atoms with E-state index in [1.807, 2.05) is 13.0 Å². The molecule has 0 saturated heterocycles. The smallest absolute Gasteiger partial charge is 0.416 e. The van der Waals surface area contributed by atoms with E-state index in [-0.39, 0.29) is 18.9 Å². The van der Waals surface area contributed by atoms with Crippen LogP contribution in [0.2, 0.25) is 5.02 Å². The minimum absolute atomic E-state index is 0.0577. The zero-order chi connectivity index (χ0) is 25.9. The molecule has 1 saturated carbocycles. The van der Waals surface area contributed by atoms with Gasteiger partial charge in [-0.1, -0.05) is 36.7 Å². The van der Waals surface area contributed by atoms with Gasteiger partial charge in [-0.25, -0.2) is 0 Å². The van der Waals surface area contributed by atoms with Crippen molar-refractivity contribution >= 4 is 11.6 Å². The van der Waals surface area contributed by atoms with Gasteiger partial charge in [0.05, 0.1) is 5.56 Å². The average Bonchev–Trinajstić information content (AvgIpc) is 2.78. The molecule has 194 valence electrons. The van der Waals surface area contributed by atoms with Gasteiger partial charge in [-0.15, -0.1) is 0 Å². The third-order valence-corrected chi connectivity index (χ3v) is 6.71. The number of alkyl halides is 6. The minimum atomic E-state index is -4.81. The van der Waals surface area contributed by atoms with E-state index in [0.29, 0.717) is 42.0 Å². The van der Waals surface area contributed by atoms with Crippen molar-refractivity contribution in [2.75, 3.05) is 6.54 Å². The second kappa shape index (κ2) is 11.0. The molecular formula is C25H28ClF6NO2. The summed E-state index contributed by atoms with van der Waals surface area (Å²) in [4.78, 5) is 0. The molecule has 35 heavy (non-hydrogen) atoms. The lowest BCUT2D eigenvalue weighted by atomic mass is 9.75. The highest BCUT2D eigenvalue weighted by atomic mass is 35.5. The summed E-state index contributed by atoms with van der Waals surface area (Å²) in [6, 6.07) is 10.0. The Labute approximate surface area is 205 Å². The Kier molecular flexibility index (Phi) is 8.65. The predicted octanol–water partition coefficient (Wildman–Crippen LogP) is 6.74. The standard InChI is InChI=1S/C25H28ClF6NO2/c1-2-17-12-19(8-9-21(17)26)35-20-7-4-10-23(14-20,33-15-22(34)25(30,31)32)13-16-5-3-6-18(11-16)24(27,28)29/h3,5-6,8-9,11-12,20,22,33-34H,2,4,7,10,13-15H2,1H3. The monoisotopic (exact) mass is 523 g/mol. The molecule has 0 aliphatic heterocycles. The van der Waals surface area contributed by atoms with Gasteiger partial charge in [0.15, 0.2) is 6.10 Å². The molecular weight excluding hydrogens is 496 g/mol. The Morgan fingerprint density at radius 3 is 2.54 bits per heavy atom. The molecule has 0 spiro atoms. The molecule has 3 unspecified atom stereocenters. The average molecular weight is 524 g/mol. The third-order valence-electron chi connectivity index (χ3n) is 6.35. The number of benzene rings is 2. The van der Waals surface area contributed by atoms with Crippen molar-refractivity contribution in [2.45, 2.75) is 75.5 Å². The normalized spacial score (nSPS) is 22.1. The largest absolute Gasteiger partial charge is 0.490 e. The first-order valence-electron chi connectivity index (χ1n) is 11.4. The van der Waals surface area contributed by atoms with Crippen LogP contribution < -0.4 is 10.1 Å². The number of hydrogen-bond donors (Lipinski definition) is 2. The number of aryl methyl sites for hydroxylation is 1. The summed E-state index contributed by atoms with van der Waals surface area (Å²) in [6.45, 7) is 1.18. The number of rotatable bonds is 8. The van der Waals surface area contributed by atoms with Crippen molar-refractivity contribution in [3.05, 3.63) is 64.2 Å². The highest BCUT2D eigenvalue weighted by Crippen LogP contribution is 2.36. The van der Waals surface area contributed by atoms with E-state index < -0.39 is 36.1 Å². The Morgan fingerprint density at radius 2 is 1.89 bits per heavy atom. The number of β-amino-alcohol motifs (C(OH)–C–C–N with tert-alkyl or cyclic N) is 1. The van der Waals surface area contributed by atoms with Crippen LogP contribution in [0.1, 0.15) is 49.3 Å². The zero-order valence-corrected chi connectivity index (χ0v) is 19.9. The van der Waals surface area contributed by atoms with E-state index in [4.69, 9.17) is 16.3 Å². The number of ether oxygens (including phenoxy) is 1. The molecule has 1 fully saturated rings. The van der Waals surface area contributed by atoms with E-state index in [1.54, 1.807) is 12.1 Å². The molecule has 0 bridgehead atoms. The first kappa shape index (κ1) is 27.6. The Morgan fingerprint density at radius 1 is 1.14 bits per heavy atom. The summed E-state index contributed by atoms with van der Waals surface area (Å²) in [7, 11) is 0. The van der Waals surface area contributed by atoms with E-state index in [9.17, 15) is 31.4 Å². The van der Waals surface area contributed by atoms with E-state index >= 15 is 0 Å². The number of hydrogen-bond acceptors (Lipinski definition) is 3. The lowest BCUT2D eigenvalue weighted by Gasteiger charge is -2.42. The lowest BCUT2D eigenvalue weighted by Crippen LogP contribution is -2.56. The molecule has 0 amide bonds. The van der Waals surface area contributed by atoms with Crippen molar-refractivity contribution in [1.29, 1.82) is 0 Å². The Hall–Kier alpha value is -1.97. The summed E-state index contributed by atoms with van der Waals surface area (Å²) in [6.07, 6.45) is -9.65. The van der Waals surface area contributed by atoms with Crippen molar-refractivity contribution < 1.29 is 36.2 Å². The van der Waals surface area contributed by atoms with Gasteiger partial charge in [0.1, 0.15) is 11.9 Å². The maximum absolute atomic E-state index is 13.2. The van der Waals surface area contributed by atoms with Gasteiger partial charge >= 0.3 is 12.4 Å². The van der Waals surface area contributed by atoms with Crippen LogP contribution in [0.4, 0.5) is 26.3 Å². The van der Waals surface area contributed by atoms with Crippen LogP contribution in [-0.2, 0) is 19.0 Å². The van der Waals surface area contributed by atoms with Gasteiger partial charge in [-0.3, -0.25) is 0 Å². The number of aliphatic hydroxyl groups excluding tert-OH is 1. The quantitative estimate of drug-likeness (QED) is 0.377. The first-order valence-corrected chi connectivity index (χ1v) is 11.8. The summed E-state index contributed by atoms with van der Waals surface area (Å²) in [5.41, 5.74) is -0.576. The topological polar surface area (TPSA) is 41.5 Å². The molecule has 0 radical (unpaired) electrons. The van der Waals surface area contributed by atoms with Crippen LogP contribution in [0.5, 0.6) is 5.75 Å². The van der Waals surface area contributed by atoms with Gasteiger partial charge in [0, 0.05) is 23.5 Å². The summed E-state index contributed by atoms with van der Waals surface area (Å²) < 4.78 is 84.7. The maximum Gasteiger partial charge on any atom is 0.416 e. The van der Waals surface area contributed by atoms with Gasteiger partial charge in [0.25, 0.3) is 0 Å². The maximum atomic E-state index is 13.2. The fourth-order valence-electron chi connectivity index (χ4n) is 4.56. The molecule has 3 atom stereocenters. The SMILES string of the molecule is CCc1cc(OC2CCCC(Cc3cccc(C(F)(F)F)c3)(NCC(O)C(F)(F)F)C2)ccc1Cl. The minimum Gasteiger partial charge on any atom is -0.490 e. The van der Waals surface area contributed by atoms with Crippen LogP contribution in [0.25, 0.3) is 0 Å². The van der Waals surface area contributed by atoms with Crippen molar-refractivity contribution in [3.63, 3.8) is 0 Å². The van der Waals surface area contributed by atoms with Crippen LogP contribution in [0.3, 0.4) is 0 Å². The molecule has 2 aromatic rings. The lowest BCUT2D eigenvalue weighted by molar-refractivity contribution is -0.203. The molecule has 2 N–H and O–H groups in total. The van der Waals surface area contributed by atoms with Crippen molar-refractivity contribution in [2.24, 2.45) is 0 Å². The summed E-state index contributed by atoms with van der Waals surface area (Å²) in [5, 5.41) is 13.0. The first-order chi connectivity index (χ1) is 16.3. The molecule has 10 heteroatoms. The molecule has 1 aliphatic carbocycles. The van der Waals surface area contributed by atoms with Crippen molar-refractivity contribution in [1.82, 2.24) is 5.32 Å². The number of nitrogens with one attached hydrogen (secondary N) is 1. The van der Waals surface area contributed by atoms with Gasteiger partial charge in [-0.05, 0) is 67.5 Å². The second-order valence-corrected chi connectivity index (χ2v) is 9.44. The highest BCUT2D eigenvalue weighted by molar-refractivity contribution is 6.31. The Bertz CT molecular complexity index is 997. The highest BCUT2D eigenvalue weighted by Gasteiger charge is 2.42. The molecule has 2 aromatic carbocycles. The Balaban J connectivity index is 1.84. The number of halogens is 7. The number of aliphatic hydroxyl groups is 1. The fourth-order valence-corrected chi connectivity index (χ4v) is 4.81. The van der Waals surface area contributed by atoms with Crippen LogP contribution in [-0.4, -0.2) is 35.6 Å². The van der Waals surface area contributed by atoms with Crippen LogP contribution >= 0.6 is 11.6 Å². The predicted molar refractivity (Wildman–Crippen MR) is 122 cm³/mol. The van der Waals surface area contributed by atoms with E-state index in [1.165, 1.54) is 12.1 Å². The van der Waals surface area contributed by atoms with Gasteiger partial charge < -0.3 is 15.2 Å². The third kappa shape index (κ3) is 7.51. The molecule has 1 aliphatic rings. The zero-order valence-electron chi connectivity index (χ0n) is 19.1. The van der Waals surface area contributed by atoms with Gasteiger partial charge in [0.2, 0.25) is 0 Å². The fraction of sp³-hybridized carbons (Fsp3) is 0.520. The van der Waals surface area contributed by atoms with Crippen molar-refractivity contribution in [3.8, 4) is 5.75 Å². The summed E-state index contributed by atoms with van der Waals surface area (Å²) >= 11 is 6.17. The molecule has 3 rings (SSSR count). The van der Waals surface area contributed by atoms with Crippen LogP contribution in [0.15, 0.2) is 42.5 Å².